The molecule has 0 spiro atoms. The van der Waals surface area contributed by atoms with Crippen molar-refractivity contribution in [1.82, 2.24) is 0 Å². The van der Waals surface area contributed by atoms with Crippen molar-refractivity contribution in [3.63, 3.8) is 0 Å². The highest BCUT2D eigenvalue weighted by atomic mass is 35.5. The van der Waals surface area contributed by atoms with E-state index in [1.54, 1.807) is 24.3 Å². The Morgan fingerprint density at radius 1 is 1.00 bits per heavy atom. The third kappa shape index (κ3) is 3.78. The highest BCUT2D eigenvalue weighted by Crippen LogP contribution is 2.20. The minimum absolute atomic E-state index is 0.0625. The lowest BCUT2D eigenvalue weighted by molar-refractivity contribution is 0.510. The van der Waals surface area contributed by atoms with Gasteiger partial charge in [-0.05, 0) is 54.6 Å². The summed E-state index contributed by atoms with van der Waals surface area (Å²) in [6.07, 6.45) is 1.13. The maximum Gasteiger partial charge on any atom is 0.142 e. The zero-order chi connectivity index (χ0) is 14.5. The van der Waals surface area contributed by atoms with Crippen LogP contribution >= 0.6 is 11.6 Å². The number of hydrogen-bond acceptors (Lipinski definition) is 1. The van der Waals surface area contributed by atoms with E-state index in [1.165, 1.54) is 18.2 Å². The smallest absolute Gasteiger partial charge is 0.142 e. The van der Waals surface area contributed by atoms with Crippen molar-refractivity contribution in [2.24, 2.45) is 11.7 Å². The fourth-order valence-corrected chi connectivity index (χ4v) is 2.33. The minimum Gasteiger partial charge on any atom is -0.330 e. The summed E-state index contributed by atoms with van der Waals surface area (Å²) in [6, 6.07) is 11.4. The van der Waals surface area contributed by atoms with Crippen LogP contribution in [0.25, 0.3) is 0 Å². The van der Waals surface area contributed by atoms with Gasteiger partial charge in [-0.3, -0.25) is 0 Å². The Morgan fingerprint density at radius 2 is 1.75 bits per heavy atom. The summed E-state index contributed by atoms with van der Waals surface area (Å²) in [5, 5.41) is 0.104. The Labute approximate surface area is 122 Å². The molecule has 2 aromatic rings. The molecule has 1 nitrogen and oxygen atoms in total. The number of hydrogen-bond donors (Lipinski definition) is 1. The zero-order valence-corrected chi connectivity index (χ0v) is 11.7. The molecule has 2 aromatic carbocycles. The van der Waals surface area contributed by atoms with Crippen LogP contribution in [-0.4, -0.2) is 6.54 Å². The molecule has 0 aliphatic rings. The van der Waals surface area contributed by atoms with Gasteiger partial charge in [0.2, 0.25) is 0 Å². The molecule has 0 heterocycles. The van der Waals surface area contributed by atoms with Crippen LogP contribution in [0.2, 0.25) is 5.02 Å². The minimum atomic E-state index is -0.439. The van der Waals surface area contributed by atoms with Crippen LogP contribution in [0.1, 0.15) is 11.1 Å². The van der Waals surface area contributed by atoms with E-state index >= 15 is 0 Å². The lowest BCUT2D eigenvalue weighted by Crippen LogP contribution is -2.20. The highest BCUT2D eigenvalue weighted by Gasteiger charge is 2.12. The average Bonchev–Trinajstić information content (AvgIpc) is 2.44. The molecule has 0 fully saturated rings. The first-order valence-electron chi connectivity index (χ1n) is 6.47. The van der Waals surface area contributed by atoms with Gasteiger partial charge < -0.3 is 5.73 Å². The van der Waals surface area contributed by atoms with Crippen molar-refractivity contribution in [3.05, 3.63) is 70.2 Å². The molecule has 0 radical (unpaired) electrons. The Hall–Kier alpha value is -1.45. The van der Waals surface area contributed by atoms with Gasteiger partial charge in [-0.2, -0.15) is 0 Å². The number of benzene rings is 2. The zero-order valence-electron chi connectivity index (χ0n) is 11.0. The van der Waals surface area contributed by atoms with Gasteiger partial charge in [0.1, 0.15) is 11.6 Å². The van der Waals surface area contributed by atoms with Crippen molar-refractivity contribution in [2.45, 2.75) is 12.8 Å². The molecule has 2 rings (SSSR count). The summed E-state index contributed by atoms with van der Waals surface area (Å²) in [4.78, 5) is 0. The third-order valence-corrected chi connectivity index (χ3v) is 3.61. The summed E-state index contributed by atoms with van der Waals surface area (Å²) in [5.74, 6) is -0.605. The lowest BCUT2D eigenvalue weighted by atomic mass is 9.92. The van der Waals surface area contributed by atoms with Crippen LogP contribution in [0.3, 0.4) is 0 Å². The van der Waals surface area contributed by atoms with E-state index in [0.29, 0.717) is 24.9 Å². The summed E-state index contributed by atoms with van der Waals surface area (Å²) >= 11 is 5.65. The van der Waals surface area contributed by atoms with Gasteiger partial charge >= 0.3 is 0 Å². The Bertz CT molecular complexity index is 586. The molecule has 0 saturated carbocycles. The predicted molar refractivity (Wildman–Crippen MR) is 77.8 cm³/mol. The van der Waals surface area contributed by atoms with Crippen molar-refractivity contribution < 1.29 is 8.78 Å². The van der Waals surface area contributed by atoms with E-state index < -0.39 is 5.82 Å². The molecule has 106 valence electrons. The van der Waals surface area contributed by atoms with Crippen molar-refractivity contribution >= 4 is 11.6 Å². The lowest BCUT2D eigenvalue weighted by Gasteiger charge is -2.15. The fourth-order valence-electron chi connectivity index (χ4n) is 2.21. The molecule has 0 aromatic heterocycles. The van der Waals surface area contributed by atoms with Crippen molar-refractivity contribution in [1.29, 1.82) is 0 Å². The SMILES string of the molecule is NCC(Cc1ccc(Cl)c(F)c1)Cc1ccccc1F. The molecule has 1 atom stereocenters. The summed E-state index contributed by atoms with van der Waals surface area (Å²) in [5.41, 5.74) is 7.20. The quantitative estimate of drug-likeness (QED) is 0.887. The maximum atomic E-state index is 13.6. The summed E-state index contributed by atoms with van der Waals surface area (Å²) in [6.45, 7) is 0.415. The Kier molecular flexibility index (Phi) is 5.10. The summed E-state index contributed by atoms with van der Waals surface area (Å²) < 4.78 is 27.0. The Balaban J connectivity index is 2.09. The van der Waals surface area contributed by atoms with Crippen molar-refractivity contribution in [3.8, 4) is 0 Å². The average molecular weight is 296 g/mol. The first-order chi connectivity index (χ1) is 9.60. The van der Waals surface area contributed by atoms with Gasteiger partial charge in [0.15, 0.2) is 0 Å². The van der Waals surface area contributed by atoms with Gasteiger partial charge in [-0.25, -0.2) is 8.78 Å². The molecule has 0 aliphatic heterocycles. The molecular formula is C16H16ClF2N. The van der Waals surface area contributed by atoms with E-state index in [9.17, 15) is 8.78 Å². The molecule has 0 saturated heterocycles. The first kappa shape index (κ1) is 14.9. The van der Waals surface area contributed by atoms with Gasteiger partial charge in [-0.15, -0.1) is 0 Å². The molecule has 0 aliphatic carbocycles. The second-order valence-electron chi connectivity index (χ2n) is 4.85. The number of rotatable bonds is 5. The third-order valence-electron chi connectivity index (χ3n) is 3.31. The molecule has 1 unspecified atom stereocenters. The van der Waals surface area contributed by atoms with E-state index in [1.807, 2.05) is 0 Å². The van der Waals surface area contributed by atoms with Crippen LogP contribution in [0.15, 0.2) is 42.5 Å². The Morgan fingerprint density at radius 3 is 2.40 bits per heavy atom. The molecule has 4 heteroatoms. The molecule has 20 heavy (non-hydrogen) atoms. The van der Waals surface area contributed by atoms with Crippen LogP contribution in [0.4, 0.5) is 8.78 Å². The normalized spacial score (nSPS) is 12.4. The topological polar surface area (TPSA) is 26.0 Å². The summed E-state index contributed by atoms with van der Waals surface area (Å²) in [7, 11) is 0. The van der Waals surface area contributed by atoms with Crippen LogP contribution < -0.4 is 5.73 Å². The van der Waals surface area contributed by atoms with Crippen LogP contribution in [0.5, 0.6) is 0 Å². The largest absolute Gasteiger partial charge is 0.330 e. The van der Waals surface area contributed by atoms with E-state index in [0.717, 1.165) is 5.56 Å². The van der Waals surface area contributed by atoms with E-state index in [-0.39, 0.29) is 16.8 Å². The van der Waals surface area contributed by atoms with E-state index in [4.69, 9.17) is 17.3 Å². The molecule has 0 bridgehead atoms. The fraction of sp³-hybridized carbons (Fsp3) is 0.250. The van der Waals surface area contributed by atoms with Gasteiger partial charge in [0.25, 0.3) is 0 Å². The second kappa shape index (κ2) is 6.82. The highest BCUT2D eigenvalue weighted by molar-refractivity contribution is 6.30. The predicted octanol–water partition coefficient (Wildman–Crippen LogP) is 3.98. The second-order valence-corrected chi connectivity index (χ2v) is 5.26. The van der Waals surface area contributed by atoms with Crippen molar-refractivity contribution in [2.75, 3.05) is 6.54 Å². The maximum absolute atomic E-state index is 13.6. The van der Waals surface area contributed by atoms with Gasteiger partial charge in [0, 0.05) is 0 Å². The van der Waals surface area contributed by atoms with E-state index in [2.05, 4.69) is 0 Å². The van der Waals surface area contributed by atoms with Crippen LogP contribution in [0, 0.1) is 17.6 Å². The molecule has 2 N–H and O–H groups in total. The first-order valence-corrected chi connectivity index (χ1v) is 6.85. The monoisotopic (exact) mass is 295 g/mol. The molecular weight excluding hydrogens is 280 g/mol. The van der Waals surface area contributed by atoms with Gasteiger partial charge in [-0.1, -0.05) is 35.9 Å². The standard InChI is InChI=1S/C16H16ClF2N/c17-14-6-5-11(9-16(14)19)7-12(10-20)8-13-3-1-2-4-15(13)18/h1-6,9,12H,7-8,10,20H2. The molecule has 0 amide bonds. The number of nitrogens with two attached hydrogens (primary N) is 1. The number of halogens is 3. The van der Waals surface area contributed by atoms with Gasteiger partial charge in [0.05, 0.1) is 5.02 Å². The van der Waals surface area contributed by atoms with Crippen LogP contribution in [-0.2, 0) is 12.8 Å².